The largest absolute Gasteiger partial charge is 0.353 e. The molecule has 0 radical (unpaired) electrons. The molecule has 3 aromatic carbocycles. The summed E-state index contributed by atoms with van der Waals surface area (Å²) < 4.78 is 13.4. The molecule has 0 saturated heterocycles. The van der Waals surface area contributed by atoms with E-state index >= 15 is 0 Å². The lowest BCUT2D eigenvalue weighted by atomic mass is 10.1. The number of aromatic amines is 1. The highest BCUT2D eigenvalue weighted by Crippen LogP contribution is 2.40. The van der Waals surface area contributed by atoms with Crippen molar-refractivity contribution in [1.29, 1.82) is 0 Å². The lowest BCUT2D eigenvalue weighted by Crippen LogP contribution is -2.36. The van der Waals surface area contributed by atoms with Crippen LogP contribution < -0.4 is 10.2 Å². The number of benzene rings is 3. The predicted molar refractivity (Wildman–Crippen MR) is 124 cm³/mol. The molecule has 5 aromatic rings. The van der Waals surface area contributed by atoms with Crippen molar-refractivity contribution in [2.45, 2.75) is 6.04 Å². The highest BCUT2D eigenvalue weighted by Gasteiger charge is 2.39. The summed E-state index contributed by atoms with van der Waals surface area (Å²) >= 11 is 0. The molecule has 33 heavy (non-hydrogen) atoms. The number of pyridine rings is 1. The molecule has 2 amide bonds. The van der Waals surface area contributed by atoms with Crippen molar-refractivity contribution in [3.05, 3.63) is 102 Å². The average Bonchev–Trinajstić information content (AvgIpc) is 3.34. The van der Waals surface area contributed by atoms with Crippen molar-refractivity contribution in [3.63, 3.8) is 0 Å². The van der Waals surface area contributed by atoms with Gasteiger partial charge in [0.2, 0.25) is 0 Å². The molecule has 6 rings (SSSR count). The van der Waals surface area contributed by atoms with Gasteiger partial charge in [0.05, 0.1) is 17.4 Å². The Kier molecular flexibility index (Phi) is 4.23. The fraction of sp³-hybridized carbons (Fsp3) is 0.0385. The number of hydrogen-bond acceptors (Lipinski definition) is 3. The van der Waals surface area contributed by atoms with Gasteiger partial charge >= 0.3 is 0 Å². The van der Waals surface area contributed by atoms with Crippen molar-refractivity contribution in [2.24, 2.45) is 0 Å². The number of hydrogen-bond donors (Lipinski definition) is 2. The Labute approximate surface area is 187 Å². The van der Waals surface area contributed by atoms with E-state index in [-0.39, 0.29) is 17.4 Å². The van der Waals surface area contributed by atoms with Crippen LogP contribution in [0.2, 0.25) is 0 Å². The fourth-order valence-corrected chi connectivity index (χ4v) is 4.39. The number of carbonyl (C=O) groups is 2. The molecular weight excluding hydrogens is 419 g/mol. The average molecular weight is 436 g/mol. The highest BCUT2D eigenvalue weighted by atomic mass is 19.1. The minimum atomic E-state index is -0.876. The quantitative estimate of drug-likeness (QED) is 0.418. The lowest BCUT2D eigenvalue weighted by Gasteiger charge is -2.18. The first-order valence-electron chi connectivity index (χ1n) is 10.5. The van der Waals surface area contributed by atoms with Crippen LogP contribution in [0.3, 0.4) is 0 Å². The molecular formula is C26H17FN4O2. The van der Waals surface area contributed by atoms with E-state index in [2.05, 4.69) is 15.3 Å². The Bertz CT molecular complexity index is 1560. The van der Waals surface area contributed by atoms with Crippen LogP contribution in [0.4, 0.5) is 15.8 Å². The fourth-order valence-electron chi connectivity index (χ4n) is 4.39. The summed E-state index contributed by atoms with van der Waals surface area (Å²) in [5.74, 6) is -1.15. The minimum absolute atomic E-state index is 0.220. The molecule has 0 bridgehead atoms. The summed E-state index contributed by atoms with van der Waals surface area (Å²) in [7, 11) is 0. The van der Waals surface area contributed by atoms with E-state index in [4.69, 9.17) is 0 Å². The lowest BCUT2D eigenvalue weighted by molar-refractivity contribution is -0.119. The van der Waals surface area contributed by atoms with Gasteiger partial charge < -0.3 is 10.3 Å². The number of nitrogens with zero attached hydrogens (tertiary/aromatic N) is 2. The first-order valence-corrected chi connectivity index (χ1v) is 10.5. The van der Waals surface area contributed by atoms with Crippen molar-refractivity contribution in [1.82, 2.24) is 15.3 Å². The van der Waals surface area contributed by atoms with Gasteiger partial charge in [-0.15, -0.1) is 0 Å². The molecule has 0 spiro atoms. The van der Waals surface area contributed by atoms with Gasteiger partial charge in [-0.05, 0) is 42.5 Å². The summed E-state index contributed by atoms with van der Waals surface area (Å²) in [4.78, 5) is 35.6. The Morgan fingerprint density at radius 2 is 1.70 bits per heavy atom. The van der Waals surface area contributed by atoms with Gasteiger partial charge in [-0.2, -0.15) is 0 Å². The first-order chi connectivity index (χ1) is 16.1. The number of carbonyl (C=O) groups excluding carboxylic acids is 2. The van der Waals surface area contributed by atoms with E-state index < -0.39 is 11.9 Å². The molecule has 0 aliphatic carbocycles. The number of fused-ring (bicyclic) bond motifs is 4. The topological polar surface area (TPSA) is 78.1 Å². The standard InChI is InChI=1S/C26H17FN4O2/c27-15-9-11-16(12-10-15)31-23-8-4-2-6-18(23)24(26(31)33)30-25(32)21-13-19-17-5-1-3-7-20(17)29-22(19)14-28-21/h1-14,24,29H,(H,30,32). The smallest absolute Gasteiger partial charge is 0.270 e. The van der Waals surface area contributed by atoms with Crippen molar-refractivity contribution in [2.75, 3.05) is 4.90 Å². The summed E-state index contributed by atoms with van der Waals surface area (Å²) in [6.07, 6.45) is 1.62. The highest BCUT2D eigenvalue weighted by molar-refractivity contribution is 6.13. The summed E-state index contributed by atoms with van der Waals surface area (Å²) in [6, 6.07) is 21.6. The third kappa shape index (κ3) is 3.05. The number of para-hydroxylation sites is 2. The number of aromatic nitrogens is 2. The normalized spacial score (nSPS) is 15.2. The van der Waals surface area contributed by atoms with E-state index in [9.17, 15) is 14.0 Å². The van der Waals surface area contributed by atoms with E-state index in [1.165, 1.54) is 17.0 Å². The maximum absolute atomic E-state index is 13.4. The van der Waals surface area contributed by atoms with Crippen molar-refractivity contribution >= 4 is 45.0 Å². The van der Waals surface area contributed by atoms with Gasteiger partial charge in [0, 0.05) is 27.5 Å². The molecule has 1 aliphatic heterocycles. The molecule has 2 aromatic heterocycles. The number of rotatable bonds is 3. The molecule has 0 saturated carbocycles. The molecule has 2 N–H and O–H groups in total. The van der Waals surface area contributed by atoms with Gasteiger partial charge in [-0.25, -0.2) is 9.37 Å². The van der Waals surface area contributed by atoms with Crippen LogP contribution in [0.1, 0.15) is 22.1 Å². The molecule has 7 heteroatoms. The molecule has 6 nitrogen and oxygen atoms in total. The zero-order chi connectivity index (χ0) is 22.5. The number of amides is 2. The van der Waals surface area contributed by atoms with Crippen molar-refractivity contribution < 1.29 is 14.0 Å². The van der Waals surface area contributed by atoms with E-state index in [0.717, 1.165) is 21.8 Å². The van der Waals surface area contributed by atoms with Gasteiger partial charge in [0.15, 0.2) is 0 Å². The number of nitrogens with one attached hydrogen (secondary N) is 2. The maximum Gasteiger partial charge on any atom is 0.270 e. The van der Waals surface area contributed by atoms with Crippen molar-refractivity contribution in [3.8, 4) is 0 Å². The van der Waals surface area contributed by atoms with Crippen LogP contribution in [-0.4, -0.2) is 21.8 Å². The van der Waals surface area contributed by atoms with Crippen LogP contribution in [-0.2, 0) is 4.79 Å². The van der Waals surface area contributed by atoms with Gasteiger partial charge in [-0.1, -0.05) is 36.4 Å². The second-order valence-corrected chi connectivity index (χ2v) is 7.90. The van der Waals surface area contributed by atoms with Gasteiger partial charge in [-0.3, -0.25) is 14.5 Å². The van der Waals surface area contributed by atoms with Gasteiger partial charge in [0.1, 0.15) is 17.6 Å². The van der Waals surface area contributed by atoms with Crippen LogP contribution in [0.5, 0.6) is 0 Å². The summed E-state index contributed by atoms with van der Waals surface area (Å²) in [5.41, 5.74) is 3.87. The van der Waals surface area contributed by atoms with Crippen LogP contribution in [0.15, 0.2) is 85.1 Å². The monoisotopic (exact) mass is 436 g/mol. The Morgan fingerprint density at radius 3 is 2.55 bits per heavy atom. The second kappa shape index (κ2) is 7.27. The number of anilines is 2. The molecule has 0 fully saturated rings. The van der Waals surface area contributed by atoms with Gasteiger partial charge in [0.25, 0.3) is 11.8 Å². The SMILES string of the molecule is O=C(NC1C(=O)N(c2ccc(F)cc2)c2ccccc21)c1cc2c(cn1)[nH]c1ccccc12. The third-order valence-electron chi connectivity index (χ3n) is 5.94. The molecule has 1 aliphatic rings. The van der Waals surface area contributed by atoms with Crippen LogP contribution in [0.25, 0.3) is 21.8 Å². The number of H-pyrrole nitrogens is 1. The molecule has 1 atom stereocenters. The van der Waals surface area contributed by atoms with Crippen LogP contribution in [0, 0.1) is 5.82 Å². The molecule has 1 unspecified atom stereocenters. The Balaban J connectivity index is 1.35. The van der Waals surface area contributed by atoms with E-state index in [0.29, 0.717) is 16.9 Å². The predicted octanol–water partition coefficient (Wildman–Crippen LogP) is 5.00. The molecule has 3 heterocycles. The zero-order valence-electron chi connectivity index (χ0n) is 17.2. The Morgan fingerprint density at radius 1 is 0.939 bits per heavy atom. The summed E-state index contributed by atoms with van der Waals surface area (Å²) in [6.45, 7) is 0. The summed E-state index contributed by atoms with van der Waals surface area (Å²) in [5, 5.41) is 4.72. The van der Waals surface area contributed by atoms with Crippen LogP contribution >= 0.6 is 0 Å². The Hall–Kier alpha value is -4.52. The second-order valence-electron chi connectivity index (χ2n) is 7.90. The number of halogens is 1. The third-order valence-corrected chi connectivity index (χ3v) is 5.94. The molecule has 160 valence electrons. The minimum Gasteiger partial charge on any atom is -0.353 e. The van der Waals surface area contributed by atoms with E-state index in [1.54, 1.807) is 36.5 Å². The zero-order valence-corrected chi connectivity index (χ0v) is 17.2. The maximum atomic E-state index is 13.4. The first kappa shape index (κ1) is 19.2. The van der Waals surface area contributed by atoms with E-state index in [1.807, 2.05) is 36.4 Å².